The summed E-state index contributed by atoms with van der Waals surface area (Å²) in [5.41, 5.74) is 2.27. The molecule has 1 aromatic heterocycles. The average molecular weight is 371 g/mol. The summed E-state index contributed by atoms with van der Waals surface area (Å²) in [7, 11) is 0. The van der Waals surface area contributed by atoms with Crippen LogP contribution >= 0.6 is 15.9 Å². The molecule has 1 N–H and O–H groups in total. The van der Waals surface area contributed by atoms with Gasteiger partial charge in [0.1, 0.15) is 11.4 Å². The summed E-state index contributed by atoms with van der Waals surface area (Å²) >= 11 is 3.45. The molecule has 1 aliphatic carbocycles. The lowest BCUT2D eigenvalue weighted by atomic mass is 9.85. The van der Waals surface area contributed by atoms with Crippen molar-refractivity contribution in [1.29, 1.82) is 0 Å². The first kappa shape index (κ1) is 17.0. The van der Waals surface area contributed by atoms with Gasteiger partial charge in [0.05, 0.1) is 4.47 Å². The number of anilines is 1. The number of nitrogens with one attached hydrogen (secondary N) is 1. The Hall–Kier alpha value is -1.37. The van der Waals surface area contributed by atoms with Crippen molar-refractivity contribution in [2.24, 2.45) is 5.92 Å². The molecule has 1 heterocycles. The molecule has 2 rings (SSSR count). The van der Waals surface area contributed by atoms with Gasteiger partial charge in [-0.2, -0.15) is 0 Å². The van der Waals surface area contributed by atoms with Gasteiger partial charge >= 0.3 is 6.09 Å². The standard InChI is InChI=1S/C15H23BrN4O2/c1-10-17-8-12(16)13(18-10)20(9-11-6-5-7-11)19-14(21)22-15(2,3)4/h8,11H,5-7,9H2,1-4H3,(H,19,21). The molecule has 0 spiro atoms. The lowest BCUT2D eigenvalue weighted by Crippen LogP contribution is -2.48. The minimum atomic E-state index is -0.537. The van der Waals surface area contributed by atoms with E-state index in [1.807, 2.05) is 27.7 Å². The zero-order chi connectivity index (χ0) is 16.3. The molecule has 1 fully saturated rings. The monoisotopic (exact) mass is 370 g/mol. The van der Waals surface area contributed by atoms with Crippen molar-refractivity contribution in [1.82, 2.24) is 15.4 Å². The van der Waals surface area contributed by atoms with Crippen molar-refractivity contribution in [2.45, 2.75) is 52.6 Å². The predicted octanol–water partition coefficient (Wildman–Crippen LogP) is 3.59. The smallest absolute Gasteiger partial charge is 0.426 e. The molecule has 6 nitrogen and oxygen atoms in total. The number of aryl methyl sites for hydroxylation is 1. The minimum absolute atomic E-state index is 0.477. The summed E-state index contributed by atoms with van der Waals surface area (Å²) in [6, 6.07) is 0. The zero-order valence-corrected chi connectivity index (χ0v) is 15.1. The number of ether oxygens (including phenoxy) is 1. The lowest BCUT2D eigenvalue weighted by Gasteiger charge is -2.33. The van der Waals surface area contributed by atoms with Crippen LogP contribution in [0, 0.1) is 12.8 Å². The molecule has 0 bridgehead atoms. The normalized spacial score (nSPS) is 15.1. The number of carbonyl (C=O) groups excluding carboxylic acids is 1. The van der Waals surface area contributed by atoms with Crippen LogP contribution in [0.25, 0.3) is 0 Å². The molecule has 22 heavy (non-hydrogen) atoms. The molecule has 0 atom stereocenters. The number of amides is 1. The van der Waals surface area contributed by atoms with Gasteiger partial charge in [-0.3, -0.25) is 5.01 Å². The van der Waals surface area contributed by atoms with E-state index in [0.717, 1.165) is 4.47 Å². The third kappa shape index (κ3) is 4.83. The Morgan fingerprint density at radius 1 is 1.50 bits per heavy atom. The van der Waals surface area contributed by atoms with Crippen LogP contribution in [0.4, 0.5) is 10.6 Å². The van der Waals surface area contributed by atoms with E-state index >= 15 is 0 Å². The van der Waals surface area contributed by atoms with Crippen molar-refractivity contribution < 1.29 is 9.53 Å². The second kappa shape index (κ2) is 6.81. The Balaban J connectivity index is 2.14. The van der Waals surface area contributed by atoms with E-state index in [4.69, 9.17) is 4.74 Å². The molecule has 7 heteroatoms. The van der Waals surface area contributed by atoms with E-state index in [2.05, 4.69) is 31.3 Å². The number of hydrazine groups is 1. The van der Waals surface area contributed by atoms with Crippen molar-refractivity contribution in [3.63, 3.8) is 0 Å². The first-order chi connectivity index (χ1) is 10.2. The van der Waals surface area contributed by atoms with Gasteiger partial charge in [0.15, 0.2) is 5.82 Å². The van der Waals surface area contributed by atoms with E-state index < -0.39 is 11.7 Å². The fourth-order valence-corrected chi connectivity index (χ4v) is 2.57. The maximum Gasteiger partial charge on any atom is 0.426 e. The summed E-state index contributed by atoms with van der Waals surface area (Å²) in [6.07, 6.45) is 4.81. The van der Waals surface area contributed by atoms with Gasteiger partial charge in [-0.05, 0) is 62.4 Å². The second-order valence-corrected chi connectivity index (χ2v) is 7.46. The van der Waals surface area contributed by atoms with E-state index in [0.29, 0.717) is 24.1 Å². The van der Waals surface area contributed by atoms with Crippen LogP contribution in [0.2, 0.25) is 0 Å². The van der Waals surface area contributed by atoms with Crippen LogP contribution in [-0.4, -0.2) is 28.2 Å². The topological polar surface area (TPSA) is 67.4 Å². The van der Waals surface area contributed by atoms with Crippen LogP contribution in [0.1, 0.15) is 45.9 Å². The highest BCUT2D eigenvalue weighted by Crippen LogP contribution is 2.30. The summed E-state index contributed by atoms with van der Waals surface area (Å²) < 4.78 is 6.09. The average Bonchev–Trinajstić information content (AvgIpc) is 2.33. The molecule has 1 aliphatic rings. The molecule has 0 radical (unpaired) electrons. The van der Waals surface area contributed by atoms with E-state index in [9.17, 15) is 4.79 Å². The maximum absolute atomic E-state index is 12.1. The lowest BCUT2D eigenvalue weighted by molar-refractivity contribution is 0.0516. The van der Waals surface area contributed by atoms with Gasteiger partial charge < -0.3 is 4.74 Å². The molecule has 0 aliphatic heterocycles. The van der Waals surface area contributed by atoms with Gasteiger partial charge in [0.2, 0.25) is 0 Å². The molecule has 0 aromatic carbocycles. The van der Waals surface area contributed by atoms with Gasteiger partial charge in [0, 0.05) is 12.7 Å². The van der Waals surface area contributed by atoms with E-state index in [1.165, 1.54) is 19.3 Å². The predicted molar refractivity (Wildman–Crippen MR) is 88.5 cm³/mol. The van der Waals surface area contributed by atoms with Crippen LogP contribution < -0.4 is 10.4 Å². The number of rotatable bonds is 4. The third-order valence-electron chi connectivity index (χ3n) is 3.39. The molecule has 1 aromatic rings. The van der Waals surface area contributed by atoms with Gasteiger partial charge in [-0.25, -0.2) is 20.2 Å². The second-order valence-electron chi connectivity index (χ2n) is 6.61. The summed E-state index contributed by atoms with van der Waals surface area (Å²) in [5, 5.41) is 1.76. The van der Waals surface area contributed by atoms with E-state index in [-0.39, 0.29) is 0 Å². The first-order valence-electron chi connectivity index (χ1n) is 7.51. The Morgan fingerprint density at radius 3 is 2.73 bits per heavy atom. The van der Waals surface area contributed by atoms with Crippen molar-refractivity contribution in [3.05, 3.63) is 16.5 Å². The van der Waals surface area contributed by atoms with Gasteiger partial charge in [0.25, 0.3) is 0 Å². The molecular formula is C15H23BrN4O2. The maximum atomic E-state index is 12.1. The zero-order valence-electron chi connectivity index (χ0n) is 13.5. The fourth-order valence-electron chi connectivity index (χ4n) is 2.16. The Bertz CT molecular complexity index is 541. The molecule has 0 saturated heterocycles. The number of nitrogens with zero attached hydrogens (tertiary/aromatic N) is 3. The van der Waals surface area contributed by atoms with Crippen LogP contribution in [0.5, 0.6) is 0 Å². The number of hydrogen-bond acceptors (Lipinski definition) is 5. The van der Waals surface area contributed by atoms with Crippen molar-refractivity contribution >= 4 is 27.8 Å². The molecular weight excluding hydrogens is 348 g/mol. The molecule has 0 unspecified atom stereocenters. The quantitative estimate of drug-likeness (QED) is 0.820. The van der Waals surface area contributed by atoms with Gasteiger partial charge in [-0.1, -0.05) is 6.42 Å². The van der Waals surface area contributed by atoms with Crippen molar-refractivity contribution in [2.75, 3.05) is 11.6 Å². The SMILES string of the molecule is Cc1ncc(Br)c(N(CC2CCC2)NC(=O)OC(C)(C)C)n1. The fraction of sp³-hybridized carbons (Fsp3) is 0.667. The summed E-state index contributed by atoms with van der Waals surface area (Å²) in [5.74, 6) is 1.88. The first-order valence-corrected chi connectivity index (χ1v) is 8.30. The molecule has 1 amide bonds. The number of aromatic nitrogens is 2. The highest BCUT2D eigenvalue weighted by molar-refractivity contribution is 9.10. The summed E-state index contributed by atoms with van der Waals surface area (Å²) in [6.45, 7) is 8.06. The minimum Gasteiger partial charge on any atom is -0.443 e. The number of carbonyl (C=O) groups is 1. The van der Waals surface area contributed by atoms with Crippen LogP contribution in [0.3, 0.4) is 0 Å². The Morgan fingerprint density at radius 2 is 2.18 bits per heavy atom. The van der Waals surface area contributed by atoms with Gasteiger partial charge in [-0.15, -0.1) is 0 Å². The molecule has 122 valence electrons. The number of hydrogen-bond donors (Lipinski definition) is 1. The van der Waals surface area contributed by atoms with Crippen molar-refractivity contribution in [3.8, 4) is 0 Å². The Kier molecular flexibility index (Phi) is 5.26. The highest BCUT2D eigenvalue weighted by atomic mass is 79.9. The largest absolute Gasteiger partial charge is 0.443 e. The summed E-state index contributed by atoms with van der Waals surface area (Å²) in [4.78, 5) is 20.7. The van der Waals surface area contributed by atoms with Crippen LogP contribution in [-0.2, 0) is 4.74 Å². The number of halogens is 1. The molecule has 1 saturated carbocycles. The van der Waals surface area contributed by atoms with Crippen LogP contribution in [0.15, 0.2) is 10.7 Å². The Labute approximate surface area is 139 Å². The van der Waals surface area contributed by atoms with E-state index in [1.54, 1.807) is 11.2 Å². The third-order valence-corrected chi connectivity index (χ3v) is 3.95. The highest BCUT2D eigenvalue weighted by Gasteiger charge is 2.26.